The molecule has 230 valence electrons. The number of carbonyl (C=O) groups is 1. The first kappa shape index (κ1) is 30.7. The number of rotatable bonds is 5. The van der Waals surface area contributed by atoms with Gasteiger partial charge in [0.05, 0.1) is 17.1 Å². The van der Waals surface area contributed by atoms with Gasteiger partial charge >= 0.3 is 12.4 Å². The normalized spacial score (nSPS) is 14.2. The quantitative estimate of drug-likeness (QED) is 0.197. The zero-order valence-corrected chi connectivity index (χ0v) is 24.8. The van der Waals surface area contributed by atoms with Crippen molar-refractivity contribution in [2.24, 2.45) is 0 Å². The average Bonchev–Trinajstić information content (AvgIpc) is 3.20. The van der Waals surface area contributed by atoms with Crippen molar-refractivity contribution in [3.05, 3.63) is 90.0 Å². The van der Waals surface area contributed by atoms with Crippen molar-refractivity contribution in [1.29, 1.82) is 0 Å². The lowest BCUT2D eigenvalue weighted by Crippen LogP contribution is -2.27. The largest absolute Gasteiger partial charge is 0.573 e. The number of nitrogens with one attached hydrogen (secondary N) is 2. The molecule has 1 aliphatic rings. The van der Waals surface area contributed by atoms with E-state index in [2.05, 4.69) is 20.4 Å². The number of para-hydroxylation sites is 2. The number of hydrogen-bond acceptors (Lipinski definition) is 5. The summed E-state index contributed by atoms with van der Waals surface area (Å²) in [6.45, 7) is 10.4. The number of nitrogens with zero attached hydrogens (tertiary/aromatic N) is 2. The highest BCUT2D eigenvalue weighted by atomic mass is 19.4. The first-order chi connectivity index (χ1) is 20.5. The number of phenolic OH excluding ortho intramolecular Hbond substituents is 1. The van der Waals surface area contributed by atoms with Gasteiger partial charge in [-0.2, -0.15) is 0 Å². The lowest BCUT2D eigenvalue weighted by molar-refractivity contribution is -0.274. The maximum Gasteiger partial charge on any atom is 0.573 e. The lowest BCUT2D eigenvalue weighted by Gasteiger charge is -2.25. The van der Waals surface area contributed by atoms with Crippen LogP contribution in [0.25, 0.3) is 11.1 Å². The van der Waals surface area contributed by atoms with E-state index in [0.717, 1.165) is 23.9 Å². The molecule has 4 aromatic rings. The van der Waals surface area contributed by atoms with Crippen LogP contribution in [0, 0.1) is 5.82 Å². The second kappa shape index (κ2) is 11.0. The summed E-state index contributed by atoms with van der Waals surface area (Å²) in [7, 11) is 0. The monoisotopic (exact) mass is 608 g/mol. The molecule has 1 aromatic heterocycles. The number of fused-ring (bicyclic) bond motifs is 1. The molecule has 0 saturated carbocycles. The number of aromatic nitrogens is 1. The Morgan fingerprint density at radius 3 is 2.30 bits per heavy atom. The van der Waals surface area contributed by atoms with E-state index in [1.807, 2.05) is 51.7 Å². The molecule has 5 rings (SSSR count). The molecule has 3 aromatic carbocycles. The summed E-state index contributed by atoms with van der Waals surface area (Å²) in [4.78, 5) is 19.4. The third-order valence-electron chi connectivity index (χ3n) is 7.34. The van der Waals surface area contributed by atoms with Gasteiger partial charge in [0.2, 0.25) is 0 Å². The van der Waals surface area contributed by atoms with Crippen LogP contribution in [0.4, 0.5) is 45.1 Å². The number of phenols is 1. The van der Waals surface area contributed by atoms with Gasteiger partial charge in [-0.3, -0.25) is 4.98 Å². The van der Waals surface area contributed by atoms with Crippen LogP contribution in [-0.2, 0) is 10.8 Å². The van der Waals surface area contributed by atoms with Crippen LogP contribution < -0.4 is 20.3 Å². The minimum atomic E-state index is -4.83. The molecule has 1 aliphatic heterocycles. The van der Waals surface area contributed by atoms with Gasteiger partial charge in [-0.25, -0.2) is 9.18 Å². The minimum Gasteiger partial charge on any atom is -0.506 e. The van der Waals surface area contributed by atoms with E-state index in [4.69, 9.17) is 0 Å². The van der Waals surface area contributed by atoms with Gasteiger partial charge in [-0.05, 0) is 48.0 Å². The molecule has 44 heavy (non-hydrogen) atoms. The van der Waals surface area contributed by atoms with E-state index in [-0.39, 0.29) is 16.9 Å². The van der Waals surface area contributed by atoms with Crippen LogP contribution in [0.2, 0.25) is 0 Å². The van der Waals surface area contributed by atoms with E-state index in [1.165, 1.54) is 12.1 Å². The Balaban J connectivity index is 1.47. The Labute approximate surface area is 252 Å². The number of alkyl halides is 3. The maximum atomic E-state index is 15.6. The molecule has 0 saturated heterocycles. The first-order valence-electron chi connectivity index (χ1n) is 13.9. The van der Waals surface area contributed by atoms with Crippen molar-refractivity contribution in [2.45, 2.75) is 51.8 Å². The predicted molar refractivity (Wildman–Crippen MR) is 162 cm³/mol. The molecule has 0 bridgehead atoms. The fraction of sp³-hybridized carbons (Fsp3) is 0.273. The lowest BCUT2D eigenvalue weighted by atomic mass is 9.81. The Kier molecular flexibility index (Phi) is 7.69. The topological polar surface area (TPSA) is 86.7 Å². The summed E-state index contributed by atoms with van der Waals surface area (Å²) < 4.78 is 56.9. The molecule has 2 heterocycles. The van der Waals surface area contributed by atoms with E-state index >= 15 is 4.39 Å². The molecular weight excluding hydrogens is 576 g/mol. The zero-order chi connectivity index (χ0) is 32.0. The highest BCUT2D eigenvalue weighted by Gasteiger charge is 2.42. The Hall–Kier alpha value is -4.80. The number of ether oxygens (including phenoxy) is 1. The van der Waals surface area contributed by atoms with Gasteiger partial charge < -0.3 is 25.4 Å². The number of aromatic hydroxyl groups is 1. The fourth-order valence-corrected chi connectivity index (χ4v) is 5.42. The van der Waals surface area contributed by atoms with Gasteiger partial charge in [0, 0.05) is 52.1 Å². The van der Waals surface area contributed by atoms with Crippen molar-refractivity contribution in [2.75, 3.05) is 22.1 Å². The molecule has 2 amide bonds. The third kappa shape index (κ3) is 6.27. The predicted octanol–water partition coefficient (Wildman–Crippen LogP) is 8.86. The molecule has 7 nitrogen and oxygen atoms in total. The summed E-state index contributed by atoms with van der Waals surface area (Å²) in [5.74, 6) is -1.23. The molecule has 3 N–H and O–H groups in total. The van der Waals surface area contributed by atoms with Crippen LogP contribution in [0.5, 0.6) is 11.5 Å². The van der Waals surface area contributed by atoms with E-state index < -0.39 is 29.4 Å². The summed E-state index contributed by atoms with van der Waals surface area (Å²) in [5.41, 5.74) is 3.21. The number of hydrogen-bond donors (Lipinski definition) is 3. The molecule has 0 atom stereocenters. The van der Waals surface area contributed by atoms with Gasteiger partial charge in [0.1, 0.15) is 17.3 Å². The second-order valence-corrected chi connectivity index (χ2v) is 12.3. The van der Waals surface area contributed by atoms with Gasteiger partial charge in [0.15, 0.2) is 0 Å². The molecular formula is C33H32F4N4O3. The number of halogens is 4. The molecule has 0 aliphatic carbocycles. The van der Waals surface area contributed by atoms with Gasteiger partial charge in [-0.15, -0.1) is 13.2 Å². The Bertz CT molecular complexity index is 1700. The summed E-state index contributed by atoms with van der Waals surface area (Å²) >= 11 is 0. The van der Waals surface area contributed by atoms with Crippen LogP contribution in [0.1, 0.15) is 45.9 Å². The molecule has 0 spiro atoms. The summed E-state index contributed by atoms with van der Waals surface area (Å²) in [5, 5.41) is 16.4. The first-order valence-corrected chi connectivity index (χ1v) is 13.9. The van der Waals surface area contributed by atoms with Crippen LogP contribution in [0.3, 0.4) is 0 Å². The van der Waals surface area contributed by atoms with E-state index in [9.17, 15) is 23.1 Å². The highest BCUT2D eigenvalue weighted by molar-refractivity contribution is 6.03. The number of benzene rings is 3. The minimum absolute atomic E-state index is 0.183. The third-order valence-corrected chi connectivity index (χ3v) is 7.34. The van der Waals surface area contributed by atoms with Crippen LogP contribution in [0.15, 0.2) is 72.9 Å². The highest BCUT2D eigenvalue weighted by Crippen LogP contribution is 2.54. The van der Waals surface area contributed by atoms with Crippen molar-refractivity contribution in [3.8, 4) is 22.6 Å². The molecule has 0 radical (unpaired) electrons. The standard InChI is InChI=1S/C33H32F4N4O3/c1-31(2,3)26-15-10-19(17-38-26)27-22(34)16-25(42)29-28(27)32(4,5)18-41(29)24-9-7-6-8-23(24)40-30(43)39-20-11-13-21(14-12-20)44-33(35,36)37/h6-17,42H,18H2,1-5H3,(H2,39,40,43). The number of amides is 2. The fourth-order valence-electron chi connectivity index (χ4n) is 5.42. The Morgan fingerprint density at radius 2 is 1.68 bits per heavy atom. The number of carbonyl (C=O) groups excluding carboxylic acids is 1. The number of anilines is 4. The van der Waals surface area contributed by atoms with Crippen molar-refractivity contribution in [3.63, 3.8) is 0 Å². The summed E-state index contributed by atoms with van der Waals surface area (Å²) in [6, 6.07) is 15.9. The van der Waals surface area contributed by atoms with E-state index in [1.54, 1.807) is 30.5 Å². The van der Waals surface area contributed by atoms with E-state index in [0.29, 0.717) is 40.3 Å². The number of pyridine rings is 1. The zero-order valence-electron chi connectivity index (χ0n) is 24.8. The van der Waals surface area contributed by atoms with Gasteiger partial charge in [-0.1, -0.05) is 52.8 Å². The smallest absolute Gasteiger partial charge is 0.506 e. The van der Waals surface area contributed by atoms with Crippen molar-refractivity contribution in [1.82, 2.24) is 4.98 Å². The number of urea groups is 1. The van der Waals surface area contributed by atoms with Crippen molar-refractivity contribution >= 4 is 28.8 Å². The SMILES string of the molecule is CC(C)(C)c1ccc(-c2c(F)cc(O)c3c2C(C)(C)CN3c2ccccc2NC(=O)Nc2ccc(OC(F)(F)F)cc2)cn1. The molecule has 0 unspecified atom stereocenters. The van der Waals surface area contributed by atoms with Gasteiger partial charge in [0.25, 0.3) is 0 Å². The molecule has 0 fully saturated rings. The molecule has 11 heteroatoms. The average molecular weight is 609 g/mol. The summed E-state index contributed by atoms with van der Waals surface area (Å²) in [6.07, 6.45) is -3.18. The second-order valence-electron chi connectivity index (χ2n) is 12.3. The van der Waals surface area contributed by atoms with Crippen molar-refractivity contribution < 1.29 is 32.2 Å². The van der Waals surface area contributed by atoms with Crippen LogP contribution in [-0.4, -0.2) is 29.0 Å². The van der Waals surface area contributed by atoms with Crippen LogP contribution >= 0.6 is 0 Å². The Morgan fingerprint density at radius 1 is 1.00 bits per heavy atom. The maximum absolute atomic E-state index is 15.6.